The van der Waals surface area contributed by atoms with Gasteiger partial charge in [0.2, 0.25) is 5.72 Å². The molecule has 29 heavy (non-hydrogen) atoms. The van der Waals surface area contributed by atoms with Crippen molar-refractivity contribution in [2.45, 2.75) is 56.5 Å². The summed E-state index contributed by atoms with van der Waals surface area (Å²) in [5.74, 6) is -0.0178. The predicted molar refractivity (Wildman–Crippen MR) is 104 cm³/mol. The van der Waals surface area contributed by atoms with Gasteiger partial charge in [0.1, 0.15) is 24.1 Å². The summed E-state index contributed by atoms with van der Waals surface area (Å²) < 4.78 is 20.8. The molecular formula is C19H28N6O4. The van der Waals surface area contributed by atoms with Gasteiger partial charge < -0.3 is 30.0 Å². The fourth-order valence-corrected chi connectivity index (χ4v) is 4.87. The highest BCUT2D eigenvalue weighted by Gasteiger charge is 2.63. The number of aliphatic hydroxyl groups excluding tert-OH is 1. The SMILES string of the molecule is CN(C[C@H]1OC[C@@]2(n3cnc4c(N)ncnc43)OC(C)(C)O[C@H]12)C1CC(CO)C1. The van der Waals surface area contributed by atoms with Gasteiger partial charge in [0, 0.05) is 19.2 Å². The molecule has 10 heteroatoms. The number of aliphatic hydroxyl groups is 1. The highest BCUT2D eigenvalue weighted by molar-refractivity contribution is 5.81. The van der Waals surface area contributed by atoms with Crippen LogP contribution in [0.5, 0.6) is 0 Å². The lowest BCUT2D eigenvalue weighted by molar-refractivity contribution is -0.205. The molecule has 0 aromatic carbocycles. The Hall–Kier alpha value is -1.85. The van der Waals surface area contributed by atoms with Crippen LogP contribution >= 0.6 is 0 Å². The molecule has 3 aliphatic rings. The summed E-state index contributed by atoms with van der Waals surface area (Å²) in [6.07, 6.45) is 4.66. The molecule has 3 fully saturated rings. The number of fused-ring (bicyclic) bond motifs is 2. The summed E-state index contributed by atoms with van der Waals surface area (Å²) in [5, 5.41) is 9.29. The van der Waals surface area contributed by atoms with E-state index in [0.29, 0.717) is 35.5 Å². The van der Waals surface area contributed by atoms with Gasteiger partial charge in [-0.1, -0.05) is 0 Å². The van der Waals surface area contributed by atoms with Crippen LogP contribution in [0.1, 0.15) is 26.7 Å². The van der Waals surface area contributed by atoms with E-state index in [2.05, 4.69) is 26.9 Å². The van der Waals surface area contributed by atoms with Crippen molar-refractivity contribution < 1.29 is 19.3 Å². The van der Waals surface area contributed by atoms with Crippen LogP contribution in [0.25, 0.3) is 11.2 Å². The molecule has 4 heterocycles. The molecule has 1 aliphatic carbocycles. The van der Waals surface area contributed by atoms with Crippen molar-refractivity contribution in [3.05, 3.63) is 12.7 Å². The van der Waals surface area contributed by atoms with Crippen molar-refractivity contribution in [1.29, 1.82) is 0 Å². The molecule has 0 radical (unpaired) electrons. The number of aromatic nitrogens is 4. The minimum Gasteiger partial charge on any atom is -0.396 e. The molecular weight excluding hydrogens is 376 g/mol. The third-order valence-electron chi connectivity index (χ3n) is 6.45. The van der Waals surface area contributed by atoms with Crippen LogP contribution in [-0.2, 0) is 19.9 Å². The van der Waals surface area contributed by atoms with Gasteiger partial charge in [-0.15, -0.1) is 0 Å². The Morgan fingerprint density at radius 2 is 2.10 bits per heavy atom. The maximum atomic E-state index is 9.29. The van der Waals surface area contributed by atoms with Crippen molar-refractivity contribution in [1.82, 2.24) is 24.4 Å². The average Bonchev–Trinajstić information content (AvgIpc) is 3.26. The smallest absolute Gasteiger partial charge is 0.203 e. The number of rotatable bonds is 5. The minimum atomic E-state index is -0.863. The molecule has 5 rings (SSSR count). The van der Waals surface area contributed by atoms with Crippen molar-refractivity contribution in [3.8, 4) is 0 Å². The molecule has 10 nitrogen and oxygen atoms in total. The second-order valence-electron chi connectivity index (χ2n) is 8.89. The number of likely N-dealkylation sites (N-methyl/N-ethyl adjacent to an activating group) is 1. The minimum absolute atomic E-state index is 0.161. The lowest BCUT2D eigenvalue weighted by Crippen LogP contribution is -2.50. The second-order valence-corrected chi connectivity index (χ2v) is 8.89. The van der Waals surface area contributed by atoms with Gasteiger partial charge >= 0.3 is 0 Å². The van der Waals surface area contributed by atoms with E-state index in [9.17, 15) is 5.11 Å². The molecule has 2 saturated heterocycles. The molecule has 0 unspecified atom stereocenters. The van der Waals surface area contributed by atoms with E-state index < -0.39 is 11.5 Å². The molecule has 3 atom stereocenters. The van der Waals surface area contributed by atoms with E-state index in [0.717, 1.165) is 19.4 Å². The second kappa shape index (κ2) is 6.58. The maximum Gasteiger partial charge on any atom is 0.203 e. The molecule has 0 bridgehead atoms. The van der Waals surface area contributed by atoms with Gasteiger partial charge in [-0.2, -0.15) is 0 Å². The Morgan fingerprint density at radius 1 is 1.31 bits per heavy atom. The first kappa shape index (κ1) is 19.1. The number of hydrogen-bond donors (Lipinski definition) is 2. The van der Waals surface area contributed by atoms with Crippen LogP contribution in [0, 0.1) is 5.92 Å². The molecule has 0 amide bonds. The zero-order valence-electron chi connectivity index (χ0n) is 17.0. The molecule has 2 aromatic rings. The lowest BCUT2D eigenvalue weighted by atomic mass is 9.80. The standard InChI is InChI=1S/C19H28N6O4/c1-18(2)28-15-13(6-24(3)12-4-11(5-12)7-26)27-8-19(15,29-18)25-10-23-14-16(20)21-9-22-17(14)25/h9-13,15,26H,4-8H2,1-3H3,(H2,20,21,22)/t11?,12?,13-,15-,19-/m1/s1. The summed E-state index contributed by atoms with van der Waals surface area (Å²) in [7, 11) is 2.10. The Bertz CT molecular complexity index is 913. The Kier molecular flexibility index (Phi) is 4.34. The van der Waals surface area contributed by atoms with Gasteiger partial charge in [-0.3, -0.25) is 4.57 Å². The summed E-state index contributed by atoms with van der Waals surface area (Å²) in [4.78, 5) is 15.1. The first-order chi connectivity index (χ1) is 13.8. The Labute approximate surface area is 169 Å². The van der Waals surface area contributed by atoms with Crippen LogP contribution < -0.4 is 5.73 Å². The van der Waals surface area contributed by atoms with Gasteiger partial charge in [-0.25, -0.2) is 15.0 Å². The molecule has 0 spiro atoms. The highest BCUT2D eigenvalue weighted by Crippen LogP contribution is 2.48. The molecule has 2 aliphatic heterocycles. The number of imidazole rings is 1. The maximum absolute atomic E-state index is 9.29. The fraction of sp³-hybridized carbons (Fsp3) is 0.737. The van der Waals surface area contributed by atoms with Crippen molar-refractivity contribution >= 4 is 17.0 Å². The number of ether oxygens (including phenoxy) is 3. The topological polar surface area (TPSA) is 121 Å². The van der Waals surface area contributed by atoms with E-state index in [4.69, 9.17) is 19.9 Å². The molecule has 3 N–H and O–H groups in total. The van der Waals surface area contributed by atoms with Gasteiger partial charge in [0.15, 0.2) is 17.3 Å². The third kappa shape index (κ3) is 2.93. The Balaban J connectivity index is 1.44. The predicted octanol–water partition coefficient (Wildman–Crippen LogP) is 0.314. The van der Waals surface area contributed by atoms with Crippen LogP contribution in [0.3, 0.4) is 0 Å². The van der Waals surface area contributed by atoms with Crippen LogP contribution in [-0.4, -0.2) is 80.4 Å². The summed E-state index contributed by atoms with van der Waals surface area (Å²) in [6, 6.07) is 0.461. The van der Waals surface area contributed by atoms with E-state index in [1.807, 2.05) is 18.4 Å². The van der Waals surface area contributed by atoms with Crippen molar-refractivity contribution in [2.24, 2.45) is 5.92 Å². The first-order valence-corrected chi connectivity index (χ1v) is 10.1. The van der Waals surface area contributed by atoms with Gasteiger partial charge in [-0.05, 0) is 39.7 Å². The lowest BCUT2D eigenvalue weighted by Gasteiger charge is -2.41. The van der Waals surface area contributed by atoms with Crippen molar-refractivity contribution in [2.75, 3.05) is 32.5 Å². The number of nitrogen functional groups attached to an aromatic ring is 1. The molecule has 1 saturated carbocycles. The van der Waals surface area contributed by atoms with Crippen LogP contribution in [0.4, 0.5) is 5.82 Å². The van der Waals surface area contributed by atoms with Crippen molar-refractivity contribution in [3.63, 3.8) is 0 Å². The Morgan fingerprint density at radius 3 is 2.86 bits per heavy atom. The van der Waals surface area contributed by atoms with E-state index >= 15 is 0 Å². The van der Waals surface area contributed by atoms with E-state index in [1.54, 1.807) is 6.33 Å². The van der Waals surface area contributed by atoms with Crippen LogP contribution in [0.15, 0.2) is 12.7 Å². The number of nitrogens with two attached hydrogens (primary N) is 1. The normalized spacial score (nSPS) is 35.9. The summed E-state index contributed by atoms with van der Waals surface area (Å²) in [5.41, 5.74) is 6.25. The number of nitrogens with zero attached hydrogens (tertiary/aromatic N) is 5. The highest BCUT2D eigenvalue weighted by atomic mass is 16.8. The zero-order valence-corrected chi connectivity index (χ0v) is 17.0. The fourth-order valence-electron chi connectivity index (χ4n) is 4.87. The zero-order chi connectivity index (χ0) is 20.4. The quantitative estimate of drug-likeness (QED) is 0.725. The third-order valence-corrected chi connectivity index (χ3v) is 6.45. The first-order valence-electron chi connectivity index (χ1n) is 10.1. The van der Waals surface area contributed by atoms with Crippen LogP contribution in [0.2, 0.25) is 0 Å². The largest absolute Gasteiger partial charge is 0.396 e. The van der Waals surface area contributed by atoms with Gasteiger partial charge in [0.25, 0.3) is 0 Å². The average molecular weight is 404 g/mol. The van der Waals surface area contributed by atoms with Gasteiger partial charge in [0.05, 0.1) is 12.9 Å². The summed E-state index contributed by atoms with van der Waals surface area (Å²) in [6.45, 7) is 5.14. The van der Waals surface area contributed by atoms with E-state index in [-0.39, 0.29) is 18.8 Å². The monoisotopic (exact) mass is 404 g/mol. The number of hydrogen-bond acceptors (Lipinski definition) is 9. The van der Waals surface area contributed by atoms with E-state index in [1.165, 1.54) is 6.33 Å². The number of anilines is 1. The molecule has 2 aromatic heterocycles. The molecule has 158 valence electrons. The summed E-state index contributed by atoms with van der Waals surface area (Å²) >= 11 is 0.